The fraction of sp³-hybridized carbons (Fsp3) is 0.438. The van der Waals surface area contributed by atoms with Crippen LogP contribution in [0.3, 0.4) is 0 Å². The van der Waals surface area contributed by atoms with Crippen LogP contribution in [0.1, 0.15) is 18.9 Å². The third-order valence-corrected chi connectivity index (χ3v) is 3.24. The lowest BCUT2D eigenvalue weighted by atomic mass is 10.1. The number of aryl methyl sites for hydroxylation is 1. The van der Waals surface area contributed by atoms with E-state index in [1.165, 1.54) is 6.07 Å². The molecular weight excluding hydrogens is 269 g/mol. The van der Waals surface area contributed by atoms with E-state index in [0.717, 1.165) is 37.7 Å². The smallest absolute Gasteiger partial charge is 0.202 e. The van der Waals surface area contributed by atoms with Gasteiger partial charge in [0.2, 0.25) is 5.95 Å². The number of ether oxygens (including phenoxy) is 1. The summed E-state index contributed by atoms with van der Waals surface area (Å²) in [6.45, 7) is 5.01. The van der Waals surface area contributed by atoms with Crippen LogP contribution in [0.15, 0.2) is 36.7 Å². The van der Waals surface area contributed by atoms with Gasteiger partial charge in [-0.3, -0.25) is 0 Å². The number of halogens is 1. The van der Waals surface area contributed by atoms with E-state index in [-0.39, 0.29) is 5.82 Å². The first-order chi connectivity index (χ1) is 10.3. The summed E-state index contributed by atoms with van der Waals surface area (Å²) in [5, 5.41) is 3.25. The summed E-state index contributed by atoms with van der Waals surface area (Å²) in [5.74, 6) is 0.669. The Morgan fingerprint density at radius 2 is 2.19 bits per heavy atom. The van der Waals surface area contributed by atoms with Gasteiger partial charge in [-0.1, -0.05) is 18.2 Å². The van der Waals surface area contributed by atoms with Crippen molar-refractivity contribution in [2.45, 2.75) is 26.3 Å². The van der Waals surface area contributed by atoms with Gasteiger partial charge in [0.05, 0.1) is 0 Å². The maximum Gasteiger partial charge on any atom is 0.202 e. The molecule has 0 saturated carbocycles. The molecule has 0 bridgehead atoms. The van der Waals surface area contributed by atoms with Gasteiger partial charge in [-0.25, -0.2) is 9.37 Å². The topological polar surface area (TPSA) is 39.1 Å². The molecule has 5 heteroatoms. The molecule has 0 unspecified atom stereocenters. The molecule has 2 aromatic rings. The Hall–Kier alpha value is -1.88. The minimum atomic E-state index is -0.153. The zero-order valence-corrected chi connectivity index (χ0v) is 12.4. The summed E-state index contributed by atoms with van der Waals surface area (Å²) < 4.78 is 20.9. The number of aromatic nitrogens is 2. The second-order valence-corrected chi connectivity index (χ2v) is 4.76. The van der Waals surface area contributed by atoms with Crippen LogP contribution in [-0.2, 0) is 17.7 Å². The molecule has 0 saturated heterocycles. The standard InChI is InChI=1S/C16H22FN3O/c1-2-21-13-5-11-20-12-10-19-16(20)18-9-8-14-6-3-4-7-15(14)17/h3-4,6-7,10,12H,2,5,8-9,11,13H2,1H3,(H,18,19). The van der Waals surface area contributed by atoms with Gasteiger partial charge in [-0.15, -0.1) is 0 Å². The lowest BCUT2D eigenvalue weighted by Gasteiger charge is -2.10. The SMILES string of the molecule is CCOCCCn1ccnc1NCCc1ccccc1F. The Kier molecular flexibility index (Phi) is 6.22. The Balaban J connectivity index is 1.78. The summed E-state index contributed by atoms with van der Waals surface area (Å²) in [6, 6.07) is 6.86. The van der Waals surface area contributed by atoms with Gasteiger partial charge in [-0.05, 0) is 31.4 Å². The number of nitrogens with zero attached hydrogens (tertiary/aromatic N) is 2. The van der Waals surface area contributed by atoms with Crippen molar-refractivity contribution in [2.24, 2.45) is 0 Å². The first-order valence-corrected chi connectivity index (χ1v) is 7.37. The number of benzene rings is 1. The monoisotopic (exact) mass is 291 g/mol. The molecule has 21 heavy (non-hydrogen) atoms. The quantitative estimate of drug-likeness (QED) is 0.722. The van der Waals surface area contributed by atoms with E-state index >= 15 is 0 Å². The molecule has 0 fully saturated rings. The normalized spacial score (nSPS) is 10.8. The number of hydrogen-bond donors (Lipinski definition) is 1. The summed E-state index contributed by atoms with van der Waals surface area (Å²) in [4.78, 5) is 4.29. The predicted octanol–water partition coefficient (Wildman–Crippen LogP) is 3.10. The molecule has 0 atom stereocenters. The van der Waals surface area contributed by atoms with Crippen molar-refractivity contribution in [3.63, 3.8) is 0 Å². The van der Waals surface area contributed by atoms with Crippen LogP contribution < -0.4 is 5.32 Å². The fourth-order valence-corrected chi connectivity index (χ4v) is 2.15. The fourth-order valence-electron chi connectivity index (χ4n) is 2.15. The highest BCUT2D eigenvalue weighted by atomic mass is 19.1. The van der Waals surface area contributed by atoms with Gasteiger partial charge in [0.25, 0.3) is 0 Å². The molecule has 0 amide bonds. The molecule has 1 aromatic heterocycles. The van der Waals surface area contributed by atoms with Crippen LogP contribution >= 0.6 is 0 Å². The molecule has 0 radical (unpaired) electrons. The van der Waals surface area contributed by atoms with Gasteiger partial charge >= 0.3 is 0 Å². The highest BCUT2D eigenvalue weighted by molar-refractivity contribution is 5.27. The number of anilines is 1. The second-order valence-electron chi connectivity index (χ2n) is 4.76. The molecule has 0 spiro atoms. The van der Waals surface area contributed by atoms with Gasteiger partial charge in [0.1, 0.15) is 5.82 Å². The minimum Gasteiger partial charge on any atom is -0.382 e. The summed E-state index contributed by atoms with van der Waals surface area (Å²) in [6.07, 6.45) is 5.30. The highest BCUT2D eigenvalue weighted by Crippen LogP contribution is 2.09. The Morgan fingerprint density at radius 1 is 1.33 bits per heavy atom. The van der Waals surface area contributed by atoms with E-state index in [2.05, 4.69) is 14.9 Å². The van der Waals surface area contributed by atoms with E-state index in [4.69, 9.17) is 4.74 Å². The molecule has 0 aliphatic heterocycles. The average Bonchev–Trinajstić information content (AvgIpc) is 2.93. The van der Waals surface area contributed by atoms with Crippen molar-refractivity contribution in [3.8, 4) is 0 Å². The molecule has 1 N–H and O–H groups in total. The minimum absolute atomic E-state index is 0.153. The lowest BCUT2D eigenvalue weighted by molar-refractivity contribution is 0.142. The lowest BCUT2D eigenvalue weighted by Crippen LogP contribution is -2.12. The van der Waals surface area contributed by atoms with Crippen molar-refractivity contribution < 1.29 is 9.13 Å². The Labute approximate surface area is 125 Å². The van der Waals surface area contributed by atoms with Crippen LogP contribution in [-0.4, -0.2) is 29.3 Å². The van der Waals surface area contributed by atoms with Gasteiger partial charge < -0.3 is 14.6 Å². The molecular formula is C16H22FN3O. The highest BCUT2D eigenvalue weighted by Gasteiger charge is 2.04. The third-order valence-electron chi connectivity index (χ3n) is 3.24. The van der Waals surface area contributed by atoms with Crippen molar-refractivity contribution >= 4 is 5.95 Å². The molecule has 114 valence electrons. The Morgan fingerprint density at radius 3 is 3.00 bits per heavy atom. The molecule has 1 aromatic carbocycles. The van der Waals surface area contributed by atoms with E-state index in [0.29, 0.717) is 13.0 Å². The van der Waals surface area contributed by atoms with Crippen LogP contribution in [0.2, 0.25) is 0 Å². The number of imidazole rings is 1. The van der Waals surface area contributed by atoms with Crippen LogP contribution in [0, 0.1) is 5.82 Å². The molecule has 4 nitrogen and oxygen atoms in total. The van der Waals surface area contributed by atoms with Gasteiger partial charge in [0.15, 0.2) is 0 Å². The summed E-state index contributed by atoms with van der Waals surface area (Å²) >= 11 is 0. The maximum atomic E-state index is 13.5. The van der Waals surface area contributed by atoms with Crippen molar-refractivity contribution in [1.82, 2.24) is 9.55 Å². The largest absolute Gasteiger partial charge is 0.382 e. The zero-order valence-electron chi connectivity index (χ0n) is 12.4. The molecule has 1 heterocycles. The molecule has 0 aliphatic rings. The van der Waals surface area contributed by atoms with Crippen LogP contribution in [0.5, 0.6) is 0 Å². The third kappa shape index (κ3) is 4.86. The second kappa shape index (κ2) is 8.42. The van der Waals surface area contributed by atoms with E-state index in [1.54, 1.807) is 12.3 Å². The first-order valence-electron chi connectivity index (χ1n) is 7.37. The van der Waals surface area contributed by atoms with Gasteiger partial charge in [-0.2, -0.15) is 0 Å². The predicted molar refractivity (Wildman–Crippen MR) is 81.9 cm³/mol. The summed E-state index contributed by atoms with van der Waals surface area (Å²) in [5.41, 5.74) is 0.722. The van der Waals surface area contributed by atoms with E-state index in [9.17, 15) is 4.39 Å². The van der Waals surface area contributed by atoms with Crippen LogP contribution in [0.4, 0.5) is 10.3 Å². The first kappa shape index (κ1) is 15.5. The maximum absolute atomic E-state index is 13.5. The molecule has 2 rings (SSSR count). The number of rotatable bonds is 9. The number of hydrogen-bond acceptors (Lipinski definition) is 3. The van der Waals surface area contributed by atoms with Crippen molar-refractivity contribution in [1.29, 1.82) is 0 Å². The zero-order chi connectivity index (χ0) is 14.9. The van der Waals surface area contributed by atoms with E-state index < -0.39 is 0 Å². The van der Waals surface area contributed by atoms with Crippen LogP contribution in [0.25, 0.3) is 0 Å². The van der Waals surface area contributed by atoms with Gasteiger partial charge in [0, 0.05) is 38.7 Å². The molecule has 0 aliphatic carbocycles. The number of nitrogens with one attached hydrogen (secondary N) is 1. The van der Waals surface area contributed by atoms with Crippen molar-refractivity contribution in [3.05, 3.63) is 48.0 Å². The van der Waals surface area contributed by atoms with Crippen molar-refractivity contribution in [2.75, 3.05) is 25.1 Å². The van der Waals surface area contributed by atoms with E-state index in [1.807, 2.05) is 25.3 Å². The summed E-state index contributed by atoms with van der Waals surface area (Å²) in [7, 11) is 0. The average molecular weight is 291 g/mol. The Bertz CT molecular complexity index is 542.